The van der Waals surface area contributed by atoms with Gasteiger partial charge in [0.25, 0.3) is 0 Å². The average Bonchev–Trinajstić information content (AvgIpc) is 3.07. The molecule has 9 heteroatoms. The molecule has 0 radical (unpaired) electrons. The topological polar surface area (TPSA) is 92.4 Å². The Labute approximate surface area is 163 Å². The number of nitrogens with zero attached hydrogens (tertiary/aromatic N) is 5. The van der Waals surface area contributed by atoms with Crippen molar-refractivity contribution in [2.45, 2.75) is 18.7 Å². The van der Waals surface area contributed by atoms with Gasteiger partial charge in [-0.05, 0) is 37.6 Å². The number of piperazine rings is 1. The summed E-state index contributed by atoms with van der Waals surface area (Å²) < 4.78 is 32.7. The maximum absolute atomic E-state index is 13.0. The van der Waals surface area contributed by atoms with Gasteiger partial charge in [-0.2, -0.15) is 4.31 Å². The number of rotatable bonds is 4. The molecule has 0 spiro atoms. The summed E-state index contributed by atoms with van der Waals surface area (Å²) in [5, 5.41) is 3.95. The first-order chi connectivity index (χ1) is 13.5. The predicted octanol–water partition coefficient (Wildman–Crippen LogP) is 2.26. The zero-order valence-electron chi connectivity index (χ0n) is 15.7. The highest BCUT2D eigenvalue weighted by atomic mass is 32.2. The number of aryl methyl sites for hydroxylation is 2. The molecule has 0 aliphatic carbocycles. The van der Waals surface area contributed by atoms with E-state index in [4.69, 9.17) is 4.52 Å². The van der Waals surface area contributed by atoms with Crippen molar-refractivity contribution in [3.05, 3.63) is 54.2 Å². The van der Waals surface area contributed by atoms with Crippen molar-refractivity contribution >= 4 is 16.0 Å². The quantitative estimate of drug-likeness (QED) is 0.664. The van der Waals surface area contributed by atoms with E-state index >= 15 is 0 Å². The van der Waals surface area contributed by atoms with Gasteiger partial charge in [-0.3, -0.25) is 0 Å². The molecule has 0 amide bonds. The minimum Gasteiger partial charge on any atom is -0.361 e. The lowest BCUT2D eigenvalue weighted by Crippen LogP contribution is -2.49. The third-order valence-corrected chi connectivity index (χ3v) is 6.80. The Morgan fingerprint density at radius 2 is 1.61 bits per heavy atom. The second-order valence-corrected chi connectivity index (χ2v) is 8.60. The van der Waals surface area contributed by atoms with Crippen LogP contribution in [0.4, 0.5) is 5.95 Å². The first-order valence-electron chi connectivity index (χ1n) is 9.02. The van der Waals surface area contributed by atoms with Crippen LogP contribution in [0.25, 0.3) is 11.1 Å². The summed E-state index contributed by atoms with van der Waals surface area (Å²) in [6, 6.07) is 8.64. The molecule has 3 aromatic rings. The molecule has 146 valence electrons. The summed E-state index contributed by atoms with van der Waals surface area (Å²) in [7, 11) is -3.55. The van der Waals surface area contributed by atoms with E-state index in [1.807, 2.05) is 18.7 Å². The Bertz CT molecular complexity index is 1040. The summed E-state index contributed by atoms with van der Waals surface area (Å²) in [5.41, 5.74) is 2.58. The number of hydrogen-bond acceptors (Lipinski definition) is 7. The lowest BCUT2D eigenvalue weighted by atomic mass is 10.0. The molecule has 4 rings (SSSR count). The first-order valence-corrected chi connectivity index (χ1v) is 10.5. The maximum atomic E-state index is 13.0. The predicted molar refractivity (Wildman–Crippen MR) is 104 cm³/mol. The summed E-state index contributed by atoms with van der Waals surface area (Å²) in [6.45, 7) is 5.61. The molecular weight excluding hydrogens is 378 g/mol. The van der Waals surface area contributed by atoms with Crippen molar-refractivity contribution in [1.29, 1.82) is 0 Å². The van der Waals surface area contributed by atoms with E-state index in [0.29, 0.717) is 37.9 Å². The molecule has 28 heavy (non-hydrogen) atoms. The van der Waals surface area contributed by atoms with Gasteiger partial charge >= 0.3 is 0 Å². The molecule has 2 aromatic heterocycles. The van der Waals surface area contributed by atoms with Gasteiger partial charge in [-0.15, -0.1) is 0 Å². The Balaban J connectivity index is 1.50. The molecule has 1 aliphatic rings. The van der Waals surface area contributed by atoms with Crippen LogP contribution in [0.2, 0.25) is 0 Å². The van der Waals surface area contributed by atoms with E-state index in [-0.39, 0.29) is 4.90 Å². The van der Waals surface area contributed by atoms with Gasteiger partial charge in [-0.25, -0.2) is 18.4 Å². The fraction of sp³-hybridized carbons (Fsp3) is 0.316. The highest BCUT2D eigenvalue weighted by Gasteiger charge is 2.29. The fourth-order valence-corrected chi connectivity index (χ4v) is 4.84. The van der Waals surface area contributed by atoms with Gasteiger partial charge in [0.15, 0.2) is 0 Å². The Hall–Kier alpha value is -2.78. The minimum absolute atomic E-state index is 0.285. The fourth-order valence-electron chi connectivity index (χ4n) is 3.42. The highest BCUT2D eigenvalue weighted by Crippen LogP contribution is 2.28. The standard InChI is InChI=1S/C19H21N5O3S/c1-14-18(15(2)27-22-14)16-4-6-17(7-5-16)28(25,26)24-12-10-23(11-13-24)19-20-8-3-9-21-19/h3-9H,10-13H2,1-2H3. The van der Waals surface area contributed by atoms with Crippen LogP contribution in [0.15, 0.2) is 52.1 Å². The number of aromatic nitrogens is 3. The zero-order chi connectivity index (χ0) is 19.7. The minimum atomic E-state index is -3.55. The van der Waals surface area contributed by atoms with Gasteiger partial charge in [0.1, 0.15) is 5.76 Å². The van der Waals surface area contributed by atoms with Crippen molar-refractivity contribution in [2.75, 3.05) is 31.1 Å². The molecule has 0 saturated carbocycles. The largest absolute Gasteiger partial charge is 0.361 e. The average molecular weight is 399 g/mol. The smallest absolute Gasteiger partial charge is 0.243 e. The molecular formula is C19H21N5O3S. The zero-order valence-corrected chi connectivity index (χ0v) is 16.6. The normalized spacial score (nSPS) is 15.7. The van der Waals surface area contributed by atoms with Gasteiger partial charge in [0.05, 0.1) is 10.6 Å². The molecule has 1 aromatic carbocycles. The third kappa shape index (κ3) is 3.38. The second-order valence-electron chi connectivity index (χ2n) is 6.66. The van der Waals surface area contributed by atoms with Gasteiger partial charge in [-0.1, -0.05) is 17.3 Å². The third-order valence-electron chi connectivity index (χ3n) is 4.89. The van der Waals surface area contributed by atoms with E-state index in [9.17, 15) is 8.42 Å². The molecule has 0 bridgehead atoms. The van der Waals surface area contributed by atoms with E-state index in [1.165, 1.54) is 4.31 Å². The lowest BCUT2D eigenvalue weighted by molar-refractivity contribution is 0.382. The molecule has 0 atom stereocenters. The number of hydrogen-bond donors (Lipinski definition) is 0. The Morgan fingerprint density at radius 1 is 0.964 bits per heavy atom. The van der Waals surface area contributed by atoms with Crippen LogP contribution >= 0.6 is 0 Å². The van der Waals surface area contributed by atoms with Gasteiger partial charge in [0.2, 0.25) is 16.0 Å². The van der Waals surface area contributed by atoms with Crippen LogP contribution in [0.3, 0.4) is 0 Å². The van der Waals surface area contributed by atoms with E-state index < -0.39 is 10.0 Å². The van der Waals surface area contributed by atoms with Crippen molar-refractivity contribution < 1.29 is 12.9 Å². The number of benzene rings is 1. The number of sulfonamides is 1. The van der Waals surface area contributed by atoms with Gasteiger partial charge in [0, 0.05) is 44.1 Å². The van der Waals surface area contributed by atoms with Crippen molar-refractivity contribution in [3.8, 4) is 11.1 Å². The summed E-state index contributed by atoms with van der Waals surface area (Å²) in [4.78, 5) is 10.7. The SMILES string of the molecule is Cc1noc(C)c1-c1ccc(S(=O)(=O)N2CCN(c3ncccn3)CC2)cc1. The van der Waals surface area contributed by atoms with Crippen LogP contribution in [-0.4, -0.2) is 54.0 Å². The van der Waals surface area contributed by atoms with Crippen LogP contribution in [0.1, 0.15) is 11.5 Å². The van der Waals surface area contributed by atoms with Crippen molar-refractivity contribution in [3.63, 3.8) is 0 Å². The van der Waals surface area contributed by atoms with E-state index in [1.54, 1.807) is 42.7 Å². The first kappa shape index (κ1) is 18.6. The monoisotopic (exact) mass is 399 g/mol. The highest BCUT2D eigenvalue weighted by molar-refractivity contribution is 7.89. The van der Waals surface area contributed by atoms with Crippen molar-refractivity contribution in [1.82, 2.24) is 19.4 Å². The van der Waals surface area contributed by atoms with Crippen molar-refractivity contribution in [2.24, 2.45) is 0 Å². The van der Waals surface area contributed by atoms with Gasteiger partial charge < -0.3 is 9.42 Å². The Kier molecular flexibility index (Phi) is 4.86. The summed E-state index contributed by atoms with van der Waals surface area (Å²) in [6.07, 6.45) is 3.37. The summed E-state index contributed by atoms with van der Waals surface area (Å²) >= 11 is 0. The maximum Gasteiger partial charge on any atom is 0.243 e. The van der Waals surface area contributed by atoms with E-state index in [0.717, 1.165) is 16.8 Å². The molecule has 1 fully saturated rings. The van der Waals surface area contributed by atoms with Crippen LogP contribution < -0.4 is 4.90 Å². The van der Waals surface area contributed by atoms with Crippen LogP contribution in [0, 0.1) is 13.8 Å². The molecule has 0 unspecified atom stereocenters. The molecule has 1 saturated heterocycles. The van der Waals surface area contributed by atoms with Crippen LogP contribution in [0.5, 0.6) is 0 Å². The van der Waals surface area contributed by atoms with E-state index in [2.05, 4.69) is 15.1 Å². The van der Waals surface area contributed by atoms with Crippen LogP contribution in [-0.2, 0) is 10.0 Å². The molecule has 3 heterocycles. The molecule has 8 nitrogen and oxygen atoms in total. The lowest BCUT2D eigenvalue weighted by Gasteiger charge is -2.33. The molecule has 0 N–H and O–H groups in total. The Morgan fingerprint density at radius 3 is 2.18 bits per heavy atom. The molecule has 1 aliphatic heterocycles. The number of anilines is 1. The summed E-state index contributed by atoms with van der Waals surface area (Å²) in [5.74, 6) is 1.34. The second kappa shape index (κ2) is 7.33.